The van der Waals surface area contributed by atoms with E-state index in [2.05, 4.69) is 15.3 Å². The van der Waals surface area contributed by atoms with Gasteiger partial charge < -0.3 is 5.32 Å². The number of halogens is 1. The molecule has 4 aromatic rings. The van der Waals surface area contributed by atoms with Gasteiger partial charge in [-0.2, -0.15) is 0 Å². The Hall–Kier alpha value is -3.24. The molecule has 2 aromatic carbocycles. The zero-order valence-corrected chi connectivity index (χ0v) is 15.4. The maximum Gasteiger partial charge on any atom is 0.256 e. The third-order valence-corrected chi connectivity index (χ3v) is 4.57. The Morgan fingerprint density at radius 2 is 1.78 bits per heavy atom. The zero-order chi connectivity index (χ0) is 18.8. The van der Waals surface area contributed by atoms with Crippen LogP contribution in [-0.4, -0.2) is 15.9 Å². The van der Waals surface area contributed by atoms with Crippen LogP contribution in [0.25, 0.3) is 22.3 Å². The Morgan fingerprint density at radius 3 is 2.56 bits per heavy atom. The van der Waals surface area contributed by atoms with Gasteiger partial charge in [0.15, 0.2) is 0 Å². The highest BCUT2D eigenvalue weighted by Crippen LogP contribution is 2.27. The number of aromatic nitrogens is 2. The van der Waals surface area contributed by atoms with Crippen LogP contribution in [0.4, 0.5) is 5.69 Å². The highest BCUT2D eigenvalue weighted by atomic mass is 35.5. The molecule has 0 aliphatic rings. The van der Waals surface area contributed by atoms with E-state index in [1.807, 2.05) is 61.5 Å². The normalized spacial score (nSPS) is 10.7. The molecule has 5 heteroatoms. The minimum Gasteiger partial charge on any atom is -0.321 e. The second-order valence-electron chi connectivity index (χ2n) is 6.22. The van der Waals surface area contributed by atoms with Crippen LogP contribution in [-0.2, 0) is 0 Å². The van der Waals surface area contributed by atoms with Crippen molar-refractivity contribution in [2.45, 2.75) is 6.92 Å². The van der Waals surface area contributed by atoms with Crippen molar-refractivity contribution in [2.24, 2.45) is 0 Å². The van der Waals surface area contributed by atoms with Crippen molar-refractivity contribution in [1.82, 2.24) is 9.97 Å². The molecular formula is C22H16ClN3O. The largest absolute Gasteiger partial charge is 0.321 e. The number of aryl methyl sites for hydroxylation is 1. The minimum atomic E-state index is -0.239. The molecule has 0 fully saturated rings. The summed E-state index contributed by atoms with van der Waals surface area (Å²) in [6, 6.07) is 20.5. The molecule has 0 unspecified atom stereocenters. The van der Waals surface area contributed by atoms with Gasteiger partial charge >= 0.3 is 0 Å². The second-order valence-corrected chi connectivity index (χ2v) is 6.63. The van der Waals surface area contributed by atoms with Gasteiger partial charge in [0.05, 0.1) is 33.2 Å². The van der Waals surface area contributed by atoms with Crippen LogP contribution in [0.2, 0.25) is 5.02 Å². The Bertz CT molecular complexity index is 1140. The first kappa shape index (κ1) is 17.2. The highest BCUT2D eigenvalue weighted by Gasteiger charge is 2.15. The number of rotatable bonds is 3. The Balaban J connectivity index is 1.81. The molecule has 4 rings (SSSR count). The van der Waals surface area contributed by atoms with Gasteiger partial charge in [-0.05, 0) is 48.9 Å². The summed E-state index contributed by atoms with van der Waals surface area (Å²) in [6.07, 6.45) is 1.71. The van der Waals surface area contributed by atoms with Crippen molar-refractivity contribution in [1.29, 1.82) is 0 Å². The molecule has 27 heavy (non-hydrogen) atoms. The molecule has 0 atom stereocenters. The van der Waals surface area contributed by atoms with Gasteiger partial charge in [-0.3, -0.25) is 9.78 Å². The molecule has 0 saturated heterocycles. The van der Waals surface area contributed by atoms with E-state index in [-0.39, 0.29) is 5.91 Å². The smallest absolute Gasteiger partial charge is 0.256 e. The summed E-state index contributed by atoms with van der Waals surface area (Å²) in [6.45, 7) is 1.95. The average molecular weight is 374 g/mol. The van der Waals surface area contributed by atoms with E-state index in [0.29, 0.717) is 27.7 Å². The van der Waals surface area contributed by atoms with Crippen LogP contribution in [0.15, 0.2) is 72.9 Å². The van der Waals surface area contributed by atoms with Gasteiger partial charge in [-0.25, -0.2) is 4.98 Å². The van der Waals surface area contributed by atoms with Gasteiger partial charge in [-0.1, -0.05) is 41.9 Å². The lowest BCUT2D eigenvalue weighted by Gasteiger charge is -2.11. The van der Waals surface area contributed by atoms with Gasteiger partial charge in [-0.15, -0.1) is 0 Å². The van der Waals surface area contributed by atoms with Crippen LogP contribution in [0.1, 0.15) is 15.9 Å². The van der Waals surface area contributed by atoms with E-state index in [4.69, 9.17) is 11.6 Å². The number of amides is 1. The third-order valence-electron chi connectivity index (χ3n) is 4.26. The lowest BCUT2D eigenvalue weighted by Crippen LogP contribution is -2.13. The summed E-state index contributed by atoms with van der Waals surface area (Å²) in [5.74, 6) is -0.239. The van der Waals surface area contributed by atoms with E-state index in [1.165, 1.54) is 0 Å². The summed E-state index contributed by atoms with van der Waals surface area (Å²) in [4.78, 5) is 22.0. The number of para-hydroxylation sites is 1. The second kappa shape index (κ2) is 7.17. The van der Waals surface area contributed by atoms with Crippen molar-refractivity contribution in [2.75, 3.05) is 5.32 Å². The molecule has 132 valence electrons. The molecule has 0 spiro atoms. The SMILES string of the molecule is Cc1ccc(NC(=O)c2cc(-c3ccccn3)nc3ccccc23)c(Cl)c1. The van der Waals surface area contributed by atoms with Crippen molar-refractivity contribution in [3.05, 3.63) is 89.1 Å². The van der Waals surface area contributed by atoms with Crippen LogP contribution < -0.4 is 5.32 Å². The van der Waals surface area contributed by atoms with Crippen LogP contribution >= 0.6 is 11.6 Å². The molecule has 0 bridgehead atoms. The summed E-state index contributed by atoms with van der Waals surface area (Å²) in [7, 11) is 0. The van der Waals surface area contributed by atoms with Crippen molar-refractivity contribution < 1.29 is 4.79 Å². The number of pyridine rings is 2. The number of fused-ring (bicyclic) bond motifs is 1. The predicted molar refractivity (Wildman–Crippen MR) is 109 cm³/mol. The number of nitrogens with one attached hydrogen (secondary N) is 1. The van der Waals surface area contributed by atoms with Crippen LogP contribution in [0, 0.1) is 6.92 Å². The fourth-order valence-corrected chi connectivity index (χ4v) is 3.20. The monoisotopic (exact) mass is 373 g/mol. The molecule has 2 aromatic heterocycles. The standard InChI is InChI=1S/C22H16ClN3O/c1-14-9-10-19(17(23)12-14)26-22(27)16-13-21(20-8-4-5-11-24-20)25-18-7-3-2-6-15(16)18/h2-13H,1H3,(H,26,27). The van der Waals surface area contributed by atoms with Gasteiger partial charge in [0.25, 0.3) is 5.91 Å². The van der Waals surface area contributed by atoms with E-state index < -0.39 is 0 Å². The van der Waals surface area contributed by atoms with Crippen molar-refractivity contribution in [3.8, 4) is 11.4 Å². The molecular weight excluding hydrogens is 358 g/mol. The van der Waals surface area contributed by atoms with E-state index in [9.17, 15) is 4.79 Å². The molecule has 0 aliphatic heterocycles. The molecule has 1 N–H and O–H groups in total. The van der Waals surface area contributed by atoms with E-state index >= 15 is 0 Å². The minimum absolute atomic E-state index is 0.239. The van der Waals surface area contributed by atoms with Crippen molar-refractivity contribution >= 4 is 34.1 Å². The number of carbonyl (C=O) groups is 1. The van der Waals surface area contributed by atoms with Gasteiger partial charge in [0.1, 0.15) is 0 Å². The van der Waals surface area contributed by atoms with Gasteiger partial charge in [0.2, 0.25) is 0 Å². The van der Waals surface area contributed by atoms with Crippen LogP contribution in [0.3, 0.4) is 0 Å². The van der Waals surface area contributed by atoms with E-state index in [1.54, 1.807) is 18.3 Å². The van der Waals surface area contributed by atoms with Gasteiger partial charge in [0, 0.05) is 11.6 Å². The first-order chi connectivity index (χ1) is 13.1. The number of nitrogens with zero attached hydrogens (tertiary/aromatic N) is 2. The summed E-state index contributed by atoms with van der Waals surface area (Å²) in [5.41, 5.74) is 4.23. The fraction of sp³-hybridized carbons (Fsp3) is 0.0455. The zero-order valence-electron chi connectivity index (χ0n) is 14.6. The molecule has 2 heterocycles. The molecule has 1 amide bonds. The number of benzene rings is 2. The Labute approximate surface area is 161 Å². The summed E-state index contributed by atoms with van der Waals surface area (Å²) >= 11 is 6.27. The number of hydrogen-bond donors (Lipinski definition) is 1. The van der Waals surface area contributed by atoms with E-state index in [0.717, 1.165) is 16.5 Å². The quantitative estimate of drug-likeness (QED) is 0.515. The number of anilines is 1. The lowest BCUT2D eigenvalue weighted by molar-refractivity contribution is 0.102. The highest BCUT2D eigenvalue weighted by molar-refractivity contribution is 6.34. The summed E-state index contributed by atoms with van der Waals surface area (Å²) < 4.78 is 0. The fourth-order valence-electron chi connectivity index (χ4n) is 2.92. The van der Waals surface area contributed by atoms with Crippen LogP contribution in [0.5, 0.6) is 0 Å². The lowest BCUT2D eigenvalue weighted by atomic mass is 10.1. The maximum atomic E-state index is 13.0. The third kappa shape index (κ3) is 3.52. The summed E-state index contributed by atoms with van der Waals surface area (Å²) in [5, 5.41) is 4.19. The predicted octanol–water partition coefficient (Wildman–Crippen LogP) is 5.51. The molecule has 0 radical (unpaired) electrons. The Morgan fingerprint density at radius 1 is 0.963 bits per heavy atom. The van der Waals surface area contributed by atoms with Crippen molar-refractivity contribution in [3.63, 3.8) is 0 Å². The Kier molecular flexibility index (Phi) is 4.57. The maximum absolute atomic E-state index is 13.0. The first-order valence-corrected chi connectivity index (χ1v) is 8.88. The molecule has 0 aliphatic carbocycles. The first-order valence-electron chi connectivity index (χ1n) is 8.50. The molecule has 0 saturated carbocycles. The number of carbonyl (C=O) groups excluding carboxylic acids is 1. The topological polar surface area (TPSA) is 54.9 Å². The molecule has 4 nitrogen and oxygen atoms in total. The number of hydrogen-bond acceptors (Lipinski definition) is 3. The average Bonchev–Trinajstić information content (AvgIpc) is 2.70.